The van der Waals surface area contributed by atoms with Gasteiger partial charge in [-0.15, -0.1) is 0 Å². The number of esters is 1. The minimum atomic E-state index is -2.13. The topological polar surface area (TPSA) is 54.0 Å². The SMILES string of the molecule is CC[Si](CC)(CC)O[C@H](/C=C/C(C)=C/CO[Si](C)(C)C(C)(C)C)[C@@H](C)[C@H](/C=C/C(=O)OC)O[Si](C)(C)C(C)(C)C. The van der Waals surface area contributed by atoms with Gasteiger partial charge in [-0.2, -0.15) is 0 Å². The molecule has 0 bridgehead atoms. The molecule has 0 unspecified atom stereocenters. The Labute approximate surface area is 251 Å². The van der Waals surface area contributed by atoms with Gasteiger partial charge >= 0.3 is 5.97 Å². The lowest BCUT2D eigenvalue weighted by Gasteiger charge is -2.42. The molecule has 0 heterocycles. The van der Waals surface area contributed by atoms with Gasteiger partial charge in [-0.3, -0.25) is 0 Å². The third-order valence-electron chi connectivity index (χ3n) is 9.42. The number of carbonyl (C=O) groups is 1. The zero-order valence-electron chi connectivity index (χ0n) is 29.0. The fourth-order valence-electron chi connectivity index (χ4n) is 3.79. The molecule has 0 aliphatic carbocycles. The lowest BCUT2D eigenvalue weighted by atomic mass is 9.96. The largest absolute Gasteiger partial charge is 0.466 e. The second-order valence-corrected chi connectivity index (χ2v) is 28.6. The molecule has 5 nitrogen and oxygen atoms in total. The van der Waals surface area contributed by atoms with E-state index in [0.29, 0.717) is 6.61 Å². The lowest BCUT2D eigenvalue weighted by Crippen LogP contribution is -2.48. The molecule has 0 radical (unpaired) electrons. The lowest BCUT2D eigenvalue weighted by molar-refractivity contribution is -0.134. The Kier molecular flexibility index (Phi) is 15.9. The molecule has 0 aromatic carbocycles. The smallest absolute Gasteiger partial charge is 0.330 e. The molecular weight excluding hydrogens is 549 g/mol. The van der Waals surface area contributed by atoms with E-state index in [4.69, 9.17) is 18.0 Å². The van der Waals surface area contributed by atoms with Crippen LogP contribution in [0.3, 0.4) is 0 Å². The first-order chi connectivity index (χ1) is 18.1. The van der Waals surface area contributed by atoms with E-state index in [2.05, 4.69) is 121 Å². The van der Waals surface area contributed by atoms with E-state index in [1.807, 2.05) is 6.08 Å². The van der Waals surface area contributed by atoms with Gasteiger partial charge in [0.1, 0.15) is 0 Å². The quantitative estimate of drug-likeness (QED) is 0.0752. The number of methoxy groups -OCH3 is 1. The predicted octanol–water partition coefficient (Wildman–Crippen LogP) is 9.66. The van der Waals surface area contributed by atoms with Crippen LogP contribution in [0.25, 0.3) is 0 Å². The summed E-state index contributed by atoms with van der Waals surface area (Å²) < 4.78 is 25.3. The molecule has 0 spiro atoms. The Bertz CT molecular complexity index is 850. The second-order valence-electron chi connectivity index (χ2n) is 14.3. The third-order valence-corrected chi connectivity index (χ3v) is 23.0. The Hall–Kier alpha value is -0.779. The first kappa shape index (κ1) is 39.2. The average molecular weight is 613 g/mol. The average Bonchev–Trinajstić information content (AvgIpc) is 2.85. The summed E-state index contributed by atoms with van der Waals surface area (Å²) in [6, 6.07) is 3.20. The molecule has 0 aliphatic rings. The van der Waals surface area contributed by atoms with Crippen LogP contribution in [0.15, 0.2) is 36.0 Å². The molecule has 0 rings (SSSR count). The highest BCUT2D eigenvalue weighted by Gasteiger charge is 2.42. The number of allylic oxidation sites excluding steroid dienone is 2. The van der Waals surface area contributed by atoms with Gasteiger partial charge in [0, 0.05) is 12.0 Å². The van der Waals surface area contributed by atoms with Crippen molar-refractivity contribution in [2.45, 2.75) is 143 Å². The summed E-state index contributed by atoms with van der Waals surface area (Å²) >= 11 is 0. The standard InChI is InChI=1S/C32H64O5Si3/c1-17-40(18-2,19-3)37-29(21-20-26(4)24-25-35-38(13,14)31(6,7)8)27(5)28(22-23-30(33)34-12)36-39(15,16)32(9,10)11/h20-24,27-29H,17-19,25H2,1-16H3/b21-20+,23-22+,26-24+/t27-,28-,29+/m0/s1. The van der Waals surface area contributed by atoms with E-state index in [1.165, 1.54) is 13.2 Å². The van der Waals surface area contributed by atoms with Crippen molar-refractivity contribution in [1.82, 2.24) is 0 Å². The van der Waals surface area contributed by atoms with Crippen molar-refractivity contribution in [3.8, 4) is 0 Å². The molecule has 8 heteroatoms. The fourth-order valence-corrected chi connectivity index (χ4v) is 8.92. The van der Waals surface area contributed by atoms with Crippen LogP contribution < -0.4 is 0 Å². The van der Waals surface area contributed by atoms with Crippen molar-refractivity contribution in [3.63, 3.8) is 0 Å². The van der Waals surface area contributed by atoms with E-state index >= 15 is 0 Å². The van der Waals surface area contributed by atoms with Gasteiger partial charge in [-0.25, -0.2) is 4.79 Å². The molecule has 0 aromatic heterocycles. The van der Waals surface area contributed by atoms with Gasteiger partial charge in [0.05, 0.1) is 25.9 Å². The zero-order chi connectivity index (χ0) is 31.6. The number of hydrogen-bond donors (Lipinski definition) is 0. The highest BCUT2D eigenvalue weighted by atomic mass is 28.4. The highest BCUT2D eigenvalue weighted by molar-refractivity contribution is 6.74. The molecule has 0 saturated carbocycles. The van der Waals surface area contributed by atoms with Crippen LogP contribution in [-0.4, -0.2) is 56.8 Å². The van der Waals surface area contributed by atoms with Gasteiger partial charge < -0.3 is 18.0 Å². The van der Waals surface area contributed by atoms with Crippen LogP contribution in [-0.2, 0) is 22.8 Å². The predicted molar refractivity (Wildman–Crippen MR) is 181 cm³/mol. The monoisotopic (exact) mass is 612 g/mol. The van der Waals surface area contributed by atoms with Crippen molar-refractivity contribution in [3.05, 3.63) is 36.0 Å². The molecule has 0 saturated heterocycles. The molecule has 40 heavy (non-hydrogen) atoms. The highest BCUT2D eigenvalue weighted by Crippen LogP contribution is 2.39. The summed E-state index contributed by atoms with van der Waals surface area (Å²) in [6.45, 7) is 34.3. The zero-order valence-corrected chi connectivity index (χ0v) is 32.0. The molecule has 3 atom stereocenters. The Morgan fingerprint density at radius 2 is 1.23 bits per heavy atom. The number of carbonyl (C=O) groups excluding carboxylic acids is 1. The summed E-state index contributed by atoms with van der Waals surface area (Å²) in [7, 11) is -4.46. The third kappa shape index (κ3) is 12.2. The summed E-state index contributed by atoms with van der Waals surface area (Å²) in [5.41, 5.74) is 1.16. The molecule has 0 aromatic rings. The Balaban J connectivity index is 6.38. The van der Waals surface area contributed by atoms with E-state index in [0.717, 1.165) is 23.7 Å². The minimum absolute atomic E-state index is 0.000845. The van der Waals surface area contributed by atoms with Crippen molar-refractivity contribution in [1.29, 1.82) is 0 Å². The second kappa shape index (κ2) is 16.2. The van der Waals surface area contributed by atoms with Crippen LogP contribution in [0.5, 0.6) is 0 Å². The van der Waals surface area contributed by atoms with E-state index in [1.54, 1.807) is 0 Å². The first-order valence-electron chi connectivity index (χ1n) is 15.2. The first-order valence-corrected chi connectivity index (χ1v) is 23.6. The number of ether oxygens (including phenoxy) is 1. The summed E-state index contributed by atoms with van der Waals surface area (Å²) in [5, 5.41) is 0.221. The van der Waals surface area contributed by atoms with Crippen LogP contribution in [0.4, 0.5) is 0 Å². The normalized spacial score (nSPS) is 16.9. The summed E-state index contributed by atoms with van der Waals surface area (Å²) in [5.74, 6) is -0.372. The Morgan fingerprint density at radius 1 is 0.775 bits per heavy atom. The maximum Gasteiger partial charge on any atom is 0.330 e. The summed E-state index contributed by atoms with van der Waals surface area (Å²) in [6.07, 6.45) is 9.51. The van der Waals surface area contributed by atoms with Gasteiger partial charge in [-0.1, -0.05) is 93.0 Å². The molecule has 0 aliphatic heterocycles. The maximum absolute atomic E-state index is 12.1. The van der Waals surface area contributed by atoms with Crippen molar-refractivity contribution < 1.29 is 22.8 Å². The number of rotatable bonds is 16. The molecule has 0 amide bonds. The van der Waals surface area contributed by atoms with Gasteiger partial charge in [0.15, 0.2) is 25.0 Å². The van der Waals surface area contributed by atoms with E-state index in [-0.39, 0.29) is 34.2 Å². The number of hydrogen-bond acceptors (Lipinski definition) is 5. The van der Waals surface area contributed by atoms with Crippen LogP contribution in [0.1, 0.15) is 76.2 Å². The van der Waals surface area contributed by atoms with Crippen molar-refractivity contribution >= 4 is 30.9 Å². The van der Waals surface area contributed by atoms with Crippen molar-refractivity contribution in [2.75, 3.05) is 13.7 Å². The molecule has 234 valence electrons. The van der Waals surface area contributed by atoms with Crippen LogP contribution in [0, 0.1) is 5.92 Å². The Morgan fingerprint density at radius 3 is 1.65 bits per heavy atom. The summed E-state index contributed by atoms with van der Waals surface area (Å²) in [4.78, 5) is 12.1. The molecule has 0 N–H and O–H groups in total. The molecular formula is C32H64O5Si3. The molecule has 0 fully saturated rings. The van der Waals surface area contributed by atoms with Gasteiger partial charge in [-0.05, 0) is 67.4 Å². The van der Waals surface area contributed by atoms with Gasteiger partial charge in [0.2, 0.25) is 0 Å². The van der Waals surface area contributed by atoms with Crippen molar-refractivity contribution in [2.24, 2.45) is 5.92 Å². The maximum atomic E-state index is 12.1. The van der Waals surface area contributed by atoms with Gasteiger partial charge in [0.25, 0.3) is 0 Å². The van der Waals surface area contributed by atoms with Crippen LogP contribution in [0.2, 0.25) is 54.4 Å². The van der Waals surface area contributed by atoms with Crippen LogP contribution >= 0.6 is 0 Å². The van der Waals surface area contributed by atoms with E-state index < -0.39 is 25.0 Å². The fraction of sp³-hybridized carbons (Fsp3) is 0.781. The van der Waals surface area contributed by atoms with E-state index in [9.17, 15) is 4.79 Å². The minimum Gasteiger partial charge on any atom is -0.466 e.